The number of hydrogen-bond acceptors (Lipinski definition) is 3. The Bertz CT molecular complexity index is 897. The fourth-order valence-electron chi connectivity index (χ4n) is 4.48. The van der Waals surface area contributed by atoms with Gasteiger partial charge in [-0.2, -0.15) is 0 Å². The summed E-state index contributed by atoms with van der Waals surface area (Å²) in [5.74, 6) is -0.102. The molecule has 1 heterocycles. The van der Waals surface area contributed by atoms with Crippen molar-refractivity contribution in [3.05, 3.63) is 70.8 Å². The summed E-state index contributed by atoms with van der Waals surface area (Å²) < 4.78 is 5.45. The molecule has 5 heteroatoms. The van der Waals surface area contributed by atoms with Gasteiger partial charge in [0.1, 0.15) is 12.6 Å². The summed E-state index contributed by atoms with van der Waals surface area (Å²) in [7, 11) is 0. The molecule has 0 aromatic heterocycles. The highest BCUT2D eigenvalue weighted by atomic mass is 16.6. The van der Waals surface area contributed by atoms with Gasteiger partial charge in [-0.1, -0.05) is 48.5 Å². The molecule has 1 aliphatic carbocycles. The van der Waals surface area contributed by atoms with E-state index in [0.717, 1.165) is 30.4 Å². The number of carbonyl (C=O) groups is 2. The Labute approximate surface area is 178 Å². The van der Waals surface area contributed by atoms with E-state index in [9.17, 15) is 9.59 Å². The van der Waals surface area contributed by atoms with Gasteiger partial charge in [-0.05, 0) is 67.7 Å². The number of likely N-dealkylation sites (tertiary alicyclic amines) is 1. The Morgan fingerprint density at radius 1 is 1.07 bits per heavy atom. The van der Waals surface area contributed by atoms with Crippen LogP contribution < -0.4 is 5.32 Å². The van der Waals surface area contributed by atoms with E-state index in [1.54, 1.807) is 4.90 Å². The number of hydrogen-bond donors (Lipinski definition) is 1. The zero-order valence-corrected chi connectivity index (χ0v) is 17.6. The molecule has 4 rings (SSSR count). The molecule has 1 N–H and O–H groups in total. The van der Waals surface area contributed by atoms with E-state index in [2.05, 4.69) is 23.5 Å². The minimum atomic E-state index is -0.464. The van der Waals surface area contributed by atoms with E-state index >= 15 is 0 Å². The molecule has 1 saturated heterocycles. The lowest BCUT2D eigenvalue weighted by Crippen LogP contribution is -2.46. The molecule has 2 unspecified atom stereocenters. The highest BCUT2D eigenvalue weighted by molar-refractivity contribution is 5.86. The van der Waals surface area contributed by atoms with Crippen molar-refractivity contribution in [2.75, 3.05) is 6.54 Å². The van der Waals surface area contributed by atoms with Gasteiger partial charge in [-0.15, -0.1) is 0 Å². The van der Waals surface area contributed by atoms with Crippen molar-refractivity contribution in [1.29, 1.82) is 0 Å². The van der Waals surface area contributed by atoms with E-state index in [-0.39, 0.29) is 18.6 Å². The lowest BCUT2D eigenvalue weighted by Gasteiger charge is -2.25. The standard InChI is InChI=1S/C25H30N2O3/c1-18(21-14-13-20-10-5-6-11-22(20)16-21)26-24(28)23-12-7-15-27(23)25(29)30-17-19-8-3-2-4-9-19/h2-4,8-9,13-14,16,18,23H,5-7,10-12,15,17H2,1H3,(H,26,28). The number of ether oxygens (including phenoxy) is 1. The molecule has 2 aromatic carbocycles. The predicted molar refractivity (Wildman–Crippen MR) is 116 cm³/mol. The first kappa shape index (κ1) is 20.5. The van der Waals surface area contributed by atoms with Crippen molar-refractivity contribution >= 4 is 12.0 Å². The van der Waals surface area contributed by atoms with Crippen molar-refractivity contribution in [2.24, 2.45) is 0 Å². The van der Waals surface area contributed by atoms with Crippen LogP contribution in [0.2, 0.25) is 0 Å². The van der Waals surface area contributed by atoms with Crippen LogP contribution in [-0.2, 0) is 29.0 Å². The van der Waals surface area contributed by atoms with Gasteiger partial charge < -0.3 is 10.1 Å². The number of aryl methyl sites for hydroxylation is 2. The van der Waals surface area contributed by atoms with Gasteiger partial charge in [0.2, 0.25) is 5.91 Å². The van der Waals surface area contributed by atoms with Crippen LogP contribution in [0.15, 0.2) is 48.5 Å². The molecule has 30 heavy (non-hydrogen) atoms. The quantitative estimate of drug-likeness (QED) is 0.793. The molecule has 0 bridgehead atoms. The fourth-order valence-corrected chi connectivity index (χ4v) is 4.48. The number of amides is 2. The summed E-state index contributed by atoms with van der Waals surface area (Å²) in [6, 6.07) is 15.6. The Kier molecular flexibility index (Phi) is 6.36. The lowest BCUT2D eigenvalue weighted by atomic mass is 9.89. The number of carbonyl (C=O) groups excluding carboxylic acids is 2. The maximum absolute atomic E-state index is 12.9. The SMILES string of the molecule is CC(NC(=O)C1CCCN1C(=O)OCc1ccccc1)c1ccc2c(c1)CCCC2. The van der Waals surface area contributed by atoms with Crippen LogP contribution >= 0.6 is 0 Å². The van der Waals surface area contributed by atoms with Gasteiger partial charge in [0.05, 0.1) is 6.04 Å². The van der Waals surface area contributed by atoms with E-state index in [1.807, 2.05) is 37.3 Å². The Balaban J connectivity index is 1.35. The summed E-state index contributed by atoms with van der Waals surface area (Å²) in [6.07, 6.45) is 5.83. The van der Waals surface area contributed by atoms with Gasteiger partial charge >= 0.3 is 6.09 Å². The number of nitrogens with zero attached hydrogens (tertiary/aromatic N) is 1. The molecule has 2 aromatic rings. The monoisotopic (exact) mass is 406 g/mol. The van der Waals surface area contributed by atoms with Crippen molar-refractivity contribution in [3.8, 4) is 0 Å². The third-order valence-corrected chi connectivity index (χ3v) is 6.23. The van der Waals surface area contributed by atoms with Crippen molar-refractivity contribution in [2.45, 2.75) is 64.1 Å². The van der Waals surface area contributed by atoms with Crippen molar-refractivity contribution in [1.82, 2.24) is 10.2 Å². The summed E-state index contributed by atoms with van der Waals surface area (Å²) in [5, 5.41) is 3.12. The van der Waals surface area contributed by atoms with Gasteiger partial charge in [-0.3, -0.25) is 9.69 Å². The summed E-state index contributed by atoms with van der Waals surface area (Å²) in [4.78, 5) is 27.1. The molecular weight excluding hydrogens is 376 g/mol. The molecule has 0 radical (unpaired) electrons. The van der Waals surface area contributed by atoms with Crippen LogP contribution in [0, 0.1) is 0 Å². The second-order valence-electron chi connectivity index (χ2n) is 8.36. The molecule has 0 saturated carbocycles. The smallest absolute Gasteiger partial charge is 0.410 e. The zero-order valence-electron chi connectivity index (χ0n) is 17.6. The van der Waals surface area contributed by atoms with Gasteiger partial charge in [-0.25, -0.2) is 4.79 Å². The second-order valence-corrected chi connectivity index (χ2v) is 8.36. The van der Waals surface area contributed by atoms with Gasteiger partial charge in [0, 0.05) is 6.54 Å². The predicted octanol–water partition coefficient (Wildman–Crippen LogP) is 4.54. The number of benzene rings is 2. The third kappa shape index (κ3) is 4.66. The van der Waals surface area contributed by atoms with Crippen molar-refractivity contribution in [3.63, 3.8) is 0 Å². The molecule has 0 spiro atoms. The maximum atomic E-state index is 12.9. The molecule has 5 nitrogen and oxygen atoms in total. The maximum Gasteiger partial charge on any atom is 0.410 e. The Morgan fingerprint density at radius 3 is 2.63 bits per heavy atom. The van der Waals surface area contributed by atoms with Crippen LogP contribution in [0.1, 0.15) is 60.9 Å². The Hall–Kier alpha value is -2.82. The third-order valence-electron chi connectivity index (χ3n) is 6.23. The minimum absolute atomic E-state index is 0.0903. The average molecular weight is 407 g/mol. The molecule has 1 fully saturated rings. The fraction of sp³-hybridized carbons (Fsp3) is 0.440. The molecule has 2 atom stereocenters. The first-order valence-corrected chi connectivity index (χ1v) is 11.0. The van der Waals surface area contributed by atoms with Crippen LogP contribution in [0.4, 0.5) is 4.79 Å². The molecule has 2 aliphatic rings. The largest absolute Gasteiger partial charge is 0.445 e. The minimum Gasteiger partial charge on any atom is -0.445 e. The van der Waals surface area contributed by atoms with Crippen LogP contribution in [0.25, 0.3) is 0 Å². The molecular formula is C25H30N2O3. The summed E-state index contributed by atoms with van der Waals surface area (Å²) in [6.45, 7) is 2.78. The van der Waals surface area contributed by atoms with E-state index in [0.29, 0.717) is 13.0 Å². The second kappa shape index (κ2) is 9.33. The molecule has 158 valence electrons. The summed E-state index contributed by atoms with van der Waals surface area (Å²) in [5.41, 5.74) is 4.91. The highest BCUT2D eigenvalue weighted by Crippen LogP contribution is 2.26. The number of rotatable bonds is 5. The van der Waals surface area contributed by atoms with E-state index < -0.39 is 12.1 Å². The van der Waals surface area contributed by atoms with Gasteiger partial charge in [0.15, 0.2) is 0 Å². The van der Waals surface area contributed by atoms with Crippen LogP contribution in [-0.4, -0.2) is 29.5 Å². The molecule has 1 aliphatic heterocycles. The van der Waals surface area contributed by atoms with E-state index in [1.165, 1.54) is 24.0 Å². The van der Waals surface area contributed by atoms with Crippen molar-refractivity contribution < 1.29 is 14.3 Å². The Morgan fingerprint density at radius 2 is 1.83 bits per heavy atom. The van der Waals surface area contributed by atoms with Crippen LogP contribution in [0.5, 0.6) is 0 Å². The van der Waals surface area contributed by atoms with E-state index in [4.69, 9.17) is 4.74 Å². The topological polar surface area (TPSA) is 58.6 Å². The average Bonchev–Trinajstić information content (AvgIpc) is 3.28. The first-order chi connectivity index (χ1) is 14.6. The zero-order chi connectivity index (χ0) is 20.9. The van der Waals surface area contributed by atoms with Gasteiger partial charge in [0.25, 0.3) is 0 Å². The highest BCUT2D eigenvalue weighted by Gasteiger charge is 2.35. The number of fused-ring (bicyclic) bond motifs is 1. The molecule has 2 amide bonds. The van der Waals surface area contributed by atoms with Crippen LogP contribution in [0.3, 0.4) is 0 Å². The lowest BCUT2D eigenvalue weighted by molar-refractivity contribution is -0.125. The summed E-state index contributed by atoms with van der Waals surface area (Å²) >= 11 is 0. The number of nitrogens with one attached hydrogen (secondary N) is 1. The normalized spacial score (nSPS) is 19.1. The first-order valence-electron chi connectivity index (χ1n) is 11.0.